The number of benzene rings is 1. The van der Waals surface area contributed by atoms with Crippen LogP contribution in [-0.2, 0) is 28.5 Å². The molecule has 0 spiro atoms. The average molecular weight is 328 g/mol. The van der Waals surface area contributed by atoms with E-state index in [0.29, 0.717) is 5.56 Å². The summed E-state index contributed by atoms with van der Waals surface area (Å²) in [5.74, 6) is -0.713. The van der Waals surface area contributed by atoms with Crippen LogP contribution in [0.3, 0.4) is 0 Å². The number of carbonyl (C=O) groups excluding carboxylic acids is 1. The van der Waals surface area contributed by atoms with Gasteiger partial charge >= 0.3 is 7.60 Å². The molecule has 1 atom stereocenters. The van der Waals surface area contributed by atoms with Gasteiger partial charge < -0.3 is 13.8 Å². The molecule has 2 rings (SSSR count). The molecule has 120 valence electrons. The number of hydrogen-bond donors (Lipinski definition) is 0. The topological polar surface area (TPSA) is 61.8 Å². The van der Waals surface area contributed by atoms with Gasteiger partial charge in [0.1, 0.15) is 5.82 Å². The number of ether oxygens (including phenoxy) is 1. The molecule has 5 nitrogen and oxygen atoms in total. The third kappa shape index (κ3) is 3.00. The van der Waals surface area contributed by atoms with Gasteiger partial charge in [-0.05, 0) is 26.0 Å². The van der Waals surface area contributed by atoms with Crippen molar-refractivity contribution in [3.8, 4) is 0 Å². The van der Waals surface area contributed by atoms with Crippen LogP contribution >= 0.6 is 7.60 Å². The number of rotatable bonds is 6. The van der Waals surface area contributed by atoms with Crippen molar-refractivity contribution in [3.63, 3.8) is 0 Å². The molecule has 1 aromatic rings. The maximum absolute atomic E-state index is 13.3. The summed E-state index contributed by atoms with van der Waals surface area (Å²) in [4.78, 5) is 11.9. The lowest BCUT2D eigenvalue weighted by Crippen LogP contribution is -2.35. The van der Waals surface area contributed by atoms with Crippen LogP contribution in [0, 0.1) is 5.82 Å². The molecule has 0 N–H and O–H groups in total. The second-order valence-corrected chi connectivity index (χ2v) is 6.92. The Bertz CT molecular complexity index is 603. The number of allylic oxidation sites excluding steroid dienone is 1. The second-order valence-electron chi connectivity index (χ2n) is 4.69. The summed E-state index contributed by atoms with van der Waals surface area (Å²) in [7, 11) is -3.82. The molecule has 0 radical (unpaired) electrons. The molecular weight excluding hydrogens is 310 g/mol. The molecule has 1 unspecified atom stereocenters. The van der Waals surface area contributed by atoms with Crippen LogP contribution in [0.5, 0.6) is 0 Å². The predicted octanol–water partition coefficient (Wildman–Crippen LogP) is 3.75. The summed E-state index contributed by atoms with van der Waals surface area (Å²) in [6, 6.07) is 5.27. The SMILES string of the molecule is CCOP(=O)(OCC)C1(c2ccc(F)cc2)CC(=O)C=CO1. The Balaban J connectivity index is 2.59. The molecule has 0 aromatic heterocycles. The molecule has 0 bridgehead atoms. The van der Waals surface area contributed by atoms with Gasteiger partial charge in [-0.15, -0.1) is 0 Å². The molecule has 22 heavy (non-hydrogen) atoms. The second kappa shape index (κ2) is 6.73. The highest BCUT2D eigenvalue weighted by atomic mass is 31.2. The molecular formula is C15H18FO5P. The lowest BCUT2D eigenvalue weighted by Gasteiger charge is -2.39. The van der Waals surface area contributed by atoms with Gasteiger partial charge in [-0.3, -0.25) is 9.36 Å². The van der Waals surface area contributed by atoms with E-state index in [1.165, 1.54) is 36.6 Å². The van der Waals surface area contributed by atoms with E-state index in [1.807, 2.05) is 0 Å². The summed E-state index contributed by atoms with van der Waals surface area (Å²) < 4.78 is 42.8. The van der Waals surface area contributed by atoms with Crippen LogP contribution in [0.25, 0.3) is 0 Å². The molecule has 0 saturated carbocycles. The molecule has 0 aliphatic carbocycles. The van der Waals surface area contributed by atoms with Gasteiger partial charge in [-0.1, -0.05) is 12.1 Å². The Hall–Kier alpha value is -1.49. The smallest absolute Gasteiger partial charge is 0.378 e. The van der Waals surface area contributed by atoms with Gasteiger partial charge in [0.15, 0.2) is 5.78 Å². The fourth-order valence-corrected chi connectivity index (χ4v) is 4.52. The van der Waals surface area contributed by atoms with Gasteiger partial charge in [-0.25, -0.2) is 4.39 Å². The summed E-state index contributed by atoms with van der Waals surface area (Å²) in [5, 5.41) is -1.60. The zero-order valence-corrected chi connectivity index (χ0v) is 13.3. The van der Waals surface area contributed by atoms with Crippen molar-refractivity contribution in [2.45, 2.75) is 25.6 Å². The van der Waals surface area contributed by atoms with E-state index in [4.69, 9.17) is 13.8 Å². The first-order valence-corrected chi connectivity index (χ1v) is 8.54. The number of ketones is 1. The zero-order valence-electron chi connectivity index (χ0n) is 12.5. The Morgan fingerprint density at radius 3 is 2.32 bits per heavy atom. The first kappa shape index (κ1) is 16.9. The zero-order chi connectivity index (χ0) is 16.2. The van der Waals surface area contributed by atoms with E-state index < -0.39 is 18.8 Å². The standard InChI is InChI=1S/C15H18FO5P/c1-3-20-22(18,21-4-2)15(11-14(17)9-10-19-15)12-5-7-13(16)8-6-12/h5-10H,3-4,11H2,1-2H3. The van der Waals surface area contributed by atoms with E-state index in [9.17, 15) is 13.8 Å². The summed E-state index contributed by atoms with van der Waals surface area (Å²) >= 11 is 0. The molecule has 0 fully saturated rings. The quantitative estimate of drug-likeness (QED) is 0.744. The molecule has 1 heterocycles. The van der Waals surface area contributed by atoms with Crippen LogP contribution in [0.15, 0.2) is 36.6 Å². The molecule has 1 aromatic carbocycles. The lowest BCUT2D eigenvalue weighted by atomic mass is 10.0. The van der Waals surface area contributed by atoms with Crippen LogP contribution in [0.1, 0.15) is 25.8 Å². The minimum atomic E-state index is -3.82. The van der Waals surface area contributed by atoms with Crippen molar-refractivity contribution < 1.29 is 27.5 Å². The molecule has 1 aliphatic heterocycles. The Morgan fingerprint density at radius 2 is 1.82 bits per heavy atom. The Morgan fingerprint density at radius 1 is 1.23 bits per heavy atom. The average Bonchev–Trinajstić information content (AvgIpc) is 2.48. The monoisotopic (exact) mass is 328 g/mol. The van der Waals surface area contributed by atoms with Crippen LogP contribution in [0.4, 0.5) is 4.39 Å². The Labute approximate surface area is 128 Å². The van der Waals surface area contributed by atoms with Gasteiger partial charge in [0, 0.05) is 11.6 Å². The van der Waals surface area contributed by atoms with Crippen LogP contribution in [-0.4, -0.2) is 19.0 Å². The van der Waals surface area contributed by atoms with Crippen molar-refractivity contribution in [3.05, 3.63) is 48.0 Å². The first-order valence-electron chi connectivity index (χ1n) is 7.00. The summed E-state index contributed by atoms with van der Waals surface area (Å²) in [5.41, 5.74) is 0.372. The highest BCUT2D eigenvalue weighted by molar-refractivity contribution is 7.55. The summed E-state index contributed by atoms with van der Waals surface area (Å²) in [6.07, 6.45) is 2.23. The Kier molecular flexibility index (Phi) is 5.16. The van der Waals surface area contributed by atoms with Gasteiger partial charge in [-0.2, -0.15) is 0 Å². The minimum Gasteiger partial charge on any atom is -0.477 e. The lowest BCUT2D eigenvalue weighted by molar-refractivity contribution is -0.120. The number of halogens is 1. The highest BCUT2D eigenvalue weighted by Crippen LogP contribution is 2.67. The van der Waals surface area contributed by atoms with Crippen LogP contribution in [0.2, 0.25) is 0 Å². The van der Waals surface area contributed by atoms with Crippen molar-refractivity contribution in [1.82, 2.24) is 0 Å². The largest absolute Gasteiger partial charge is 0.477 e. The van der Waals surface area contributed by atoms with Gasteiger partial charge in [0.2, 0.25) is 5.34 Å². The molecule has 7 heteroatoms. The molecule has 1 aliphatic rings. The van der Waals surface area contributed by atoms with Gasteiger partial charge in [0.25, 0.3) is 0 Å². The maximum atomic E-state index is 13.3. The first-order chi connectivity index (χ1) is 10.5. The van der Waals surface area contributed by atoms with Crippen molar-refractivity contribution in [2.24, 2.45) is 0 Å². The fourth-order valence-electron chi connectivity index (χ4n) is 2.34. The van der Waals surface area contributed by atoms with Crippen molar-refractivity contribution in [2.75, 3.05) is 13.2 Å². The minimum absolute atomic E-state index is 0.126. The maximum Gasteiger partial charge on any atom is 0.378 e. The van der Waals surface area contributed by atoms with E-state index in [2.05, 4.69) is 0 Å². The molecule has 0 saturated heterocycles. The van der Waals surface area contributed by atoms with E-state index in [1.54, 1.807) is 13.8 Å². The van der Waals surface area contributed by atoms with E-state index in [0.717, 1.165) is 0 Å². The molecule has 0 amide bonds. The third-order valence-electron chi connectivity index (χ3n) is 3.27. The third-order valence-corrected chi connectivity index (χ3v) is 5.87. The van der Waals surface area contributed by atoms with Crippen molar-refractivity contribution >= 4 is 13.4 Å². The number of hydrogen-bond acceptors (Lipinski definition) is 5. The summed E-state index contributed by atoms with van der Waals surface area (Å²) in [6.45, 7) is 3.60. The van der Waals surface area contributed by atoms with Crippen molar-refractivity contribution in [1.29, 1.82) is 0 Å². The van der Waals surface area contributed by atoms with Crippen LogP contribution < -0.4 is 0 Å². The number of carbonyl (C=O) groups is 1. The predicted molar refractivity (Wildman–Crippen MR) is 78.8 cm³/mol. The van der Waals surface area contributed by atoms with E-state index >= 15 is 0 Å². The van der Waals surface area contributed by atoms with E-state index in [-0.39, 0.29) is 25.4 Å². The fraction of sp³-hybridized carbons (Fsp3) is 0.400. The van der Waals surface area contributed by atoms with Gasteiger partial charge in [0.05, 0.1) is 25.9 Å². The normalized spacial score (nSPS) is 21.7. The highest BCUT2D eigenvalue weighted by Gasteiger charge is 2.56.